The van der Waals surface area contributed by atoms with Gasteiger partial charge in [0.2, 0.25) is 0 Å². The minimum atomic E-state index is 1.18. The summed E-state index contributed by atoms with van der Waals surface area (Å²) in [7, 11) is 0. The molecule has 5 aromatic heterocycles. The van der Waals surface area contributed by atoms with E-state index in [1.165, 1.54) is 126 Å². The lowest BCUT2D eigenvalue weighted by molar-refractivity contribution is 1.18. The lowest BCUT2D eigenvalue weighted by Crippen LogP contribution is -1.93. The Balaban J connectivity index is 1.13. The predicted octanol–water partition coefficient (Wildman–Crippen LogP) is 13.9. The van der Waals surface area contributed by atoms with Crippen LogP contribution in [0.4, 0.5) is 0 Å². The molecule has 0 N–H and O–H groups in total. The summed E-state index contributed by atoms with van der Waals surface area (Å²) in [5, 5.41) is 15.6. The molecule has 5 heterocycles. The third-order valence-corrected chi connectivity index (χ3v) is 12.6. The van der Waals surface area contributed by atoms with E-state index in [1.54, 1.807) is 0 Å². The summed E-state index contributed by atoms with van der Waals surface area (Å²) in [6, 6.07) is 65.5. The molecule has 14 rings (SSSR count). The molecule has 0 amide bonds. The Morgan fingerprint density at radius 2 is 0.891 bits per heavy atom. The summed E-state index contributed by atoms with van der Waals surface area (Å²) in [6.07, 6.45) is 0. The molecule has 0 aliphatic rings. The number of rotatable bonds is 2. The average molecular weight is 696 g/mol. The van der Waals surface area contributed by atoms with Gasteiger partial charge in [-0.15, -0.1) is 0 Å². The number of para-hydroxylation sites is 5. The number of hydrogen-bond donors (Lipinski definition) is 0. The first-order valence-electron chi connectivity index (χ1n) is 19.1. The Morgan fingerprint density at radius 3 is 1.75 bits per heavy atom. The van der Waals surface area contributed by atoms with Gasteiger partial charge >= 0.3 is 0 Å². The van der Waals surface area contributed by atoms with Crippen molar-refractivity contribution in [2.24, 2.45) is 0 Å². The fraction of sp³-hybridized carbons (Fsp3) is 0. The SMILES string of the molecule is c1ccc(-n2c3ccccc3c3cc(-c4cccc5c6cccc7c8cc9c(cc8n(c45)c76)c4c5ccccc5cc5c6ccccc6n9c54)ccc32)cc1. The number of aromatic nitrogens is 3. The number of benzene rings is 9. The standard InChI is InChI=1S/C52H29N3/c1-2-13-32(14-3-1)53-44-22-8-6-16-35(44)40-26-31(24-25-46(40)53)34-18-10-19-37-38-20-11-21-39-41-28-48-43(29-47(41)55(50(34)37)51(38)39)49-33-15-5-4-12-30(33)27-42-36-17-7-9-23-45(36)54(48)52(42)49/h1-29H. The maximum Gasteiger partial charge on any atom is 0.0626 e. The van der Waals surface area contributed by atoms with Gasteiger partial charge in [-0.2, -0.15) is 0 Å². The van der Waals surface area contributed by atoms with Crippen molar-refractivity contribution in [3.05, 3.63) is 176 Å². The number of fused-ring (bicyclic) bond motifs is 17. The van der Waals surface area contributed by atoms with Crippen LogP contribution in [0.5, 0.6) is 0 Å². The third kappa shape index (κ3) is 3.35. The molecule has 252 valence electrons. The minimum absolute atomic E-state index is 1.18. The smallest absolute Gasteiger partial charge is 0.0626 e. The van der Waals surface area contributed by atoms with Crippen LogP contribution in [0.25, 0.3) is 126 Å². The molecule has 0 radical (unpaired) electrons. The minimum Gasteiger partial charge on any atom is -0.309 e. The van der Waals surface area contributed by atoms with Crippen molar-refractivity contribution < 1.29 is 0 Å². The third-order valence-electron chi connectivity index (χ3n) is 12.6. The van der Waals surface area contributed by atoms with Gasteiger partial charge in [0.15, 0.2) is 0 Å². The largest absolute Gasteiger partial charge is 0.309 e. The highest BCUT2D eigenvalue weighted by molar-refractivity contribution is 6.34. The van der Waals surface area contributed by atoms with Gasteiger partial charge in [0.25, 0.3) is 0 Å². The van der Waals surface area contributed by atoms with E-state index < -0.39 is 0 Å². The molecule has 0 aliphatic carbocycles. The van der Waals surface area contributed by atoms with Crippen LogP contribution in [0.1, 0.15) is 0 Å². The molecule has 0 spiro atoms. The van der Waals surface area contributed by atoms with Crippen molar-refractivity contribution in [3.63, 3.8) is 0 Å². The molecule has 9 aromatic carbocycles. The zero-order valence-electron chi connectivity index (χ0n) is 29.6. The van der Waals surface area contributed by atoms with Gasteiger partial charge in [-0.3, -0.25) is 0 Å². The maximum absolute atomic E-state index is 2.58. The summed E-state index contributed by atoms with van der Waals surface area (Å²) in [6.45, 7) is 0. The summed E-state index contributed by atoms with van der Waals surface area (Å²) < 4.78 is 7.50. The zero-order chi connectivity index (χ0) is 35.5. The van der Waals surface area contributed by atoms with Gasteiger partial charge in [-0.05, 0) is 70.9 Å². The fourth-order valence-electron chi connectivity index (χ4n) is 10.5. The van der Waals surface area contributed by atoms with E-state index in [0.717, 1.165) is 0 Å². The van der Waals surface area contributed by atoms with Gasteiger partial charge in [0.1, 0.15) is 0 Å². The molecule has 0 atom stereocenters. The Bertz CT molecular complexity index is 3930. The van der Waals surface area contributed by atoms with Crippen LogP contribution in [0.3, 0.4) is 0 Å². The molecule has 3 nitrogen and oxygen atoms in total. The number of hydrogen-bond acceptors (Lipinski definition) is 0. The molecule has 0 fully saturated rings. The van der Waals surface area contributed by atoms with Crippen molar-refractivity contribution in [2.75, 3.05) is 0 Å². The Hall–Kier alpha value is -7.36. The van der Waals surface area contributed by atoms with Gasteiger partial charge in [-0.1, -0.05) is 121 Å². The van der Waals surface area contributed by atoms with E-state index >= 15 is 0 Å². The van der Waals surface area contributed by atoms with Gasteiger partial charge in [0.05, 0.1) is 44.1 Å². The fourth-order valence-corrected chi connectivity index (χ4v) is 10.5. The van der Waals surface area contributed by atoms with Crippen LogP contribution in [0.15, 0.2) is 176 Å². The van der Waals surface area contributed by atoms with E-state index in [0.29, 0.717) is 0 Å². The van der Waals surface area contributed by atoms with Gasteiger partial charge in [-0.25, -0.2) is 0 Å². The molecule has 55 heavy (non-hydrogen) atoms. The van der Waals surface area contributed by atoms with Crippen molar-refractivity contribution in [3.8, 4) is 16.8 Å². The van der Waals surface area contributed by atoms with Crippen LogP contribution in [-0.2, 0) is 0 Å². The highest BCUT2D eigenvalue weighted by Crippen LogP contribution is 2.48. The van der Waals surface area contributed by atoms with Crippen molar-refractivity contribution in [1.82, 2.24) is 13.4 Å². The van der Waals surface area contributed by atoms with E-state index in [-0.39, 0.29) is 0 Å². The van der Waals surface area contributed by atoms with Gasteiger partial charge in [0, 0.05) is 65.1 Å². The molecular formula is C52H29N3. The van der Waals surface area contributed by atoms with Crippen LogP contribution in [0, 0.1) is 0 Å². The molecule has 0 bridgehead atoms. The highest BCUT2D eigenvalue weighted by atomic mass is 15.0. The van der Waals surface area contributed by atoms with Crippen LogP contribution in [0.2, 0.25) is 0 Å². The molecule has 0 aliphatic heterocycles. The first kappa shape index (κ1) is 28.2. The van der Waals surface area contributed by atoms with Crippen molar-refractivity contribution >= 4 is 109 Å². The average Bonchev–Trinajstić information content (AvgIpc) is 4.03. The summed E-state index contributed by atoms with van der Waals surface area (Å²) >= 11 is 0. The molecule has 3 heteroatoms. The maximum atomic E-state index is 2.58. The molecule has 0 saturated carbocycles. The first-order valence-corrected chi connectivity index (χ1v) is 19.1. The molecule has 0 saturated heterocycles. The van der Waals surface area contributed by atoms with Gasteiger partial charge < -0.3 is 13.4 Å². The monoisotopic (exact) mass is 695 g/mol. The topological polar surface area (TPSA) is 13.8 Å². The van der Waals surface area contributed by atoms with E-state index in [2.05, 4.69) is 189 Å². The predicted molar refractivity (Wildman–Crippen MR) is 233 cm³/mol. The van der Waals surface area contributed by atoms with Crippen molar-refractivity contribution in [2.45, 2.75) is 0 Å². The summed E-state index contributed by atoms with van der Waals surface area (Å²) in [4.78, 5) is 0. The lowest BCUT2D eigenvalue weighted by atomic mass is 9.98. The van der Waals surface area contributed by atoms with E-state index in [4.69, 9.17) is 0 Å². The van der Waals surface area contributed by atoms with Crippen LogP contribution < -0.4 is 0 Å². The normalized spacial score (nSPS) is 12.7. The highest BCUT2D eigenvalue weighted by Gasteiger charge is 2.25. The second-order valence-electron chi connectivity index (χ2n) is 15.3. The van der Waals surface area contributed by atoms with Crippen LogP contribution >= 0.6 is 0 Å². The summed E-state index contributed by atoms with van der Waals surface area (Å²) in [5.74, 6) is 0. The quantitative estimate of drug-likeness (QED) is 0.171. The van der Waals surface area contributed by atoms with E-state index in [9.17, 15) is 0 Å². The second-order valence-corrected chi connectivity index (χ2v) is 15.3. The zero-order valence-corrected chi connectivity index (χ0v) is 29.6. The molecule has 0 unspecified atom stereocenters. The second kappa shape index (κ2) is 9.79. The Morgan fingerprint density at radius 1 is 0.291 bits per heavy atom. The van der Waals surface area contributed by atoms with Crippen LogP contribution in [-0.4, -0.2) is 13.4 Å². The lowest BCUT2D eigenvalue weighted by Gasteiger charge is -2.09. The summed E-state index contributed by atoms with van der Waals surface area (Å²) in [5.41, 5.74) is 13.8. The Labute approximate surface area is 313 Å². The number of nitrogens with zero attached hydrogens (tertiary/aromatic N) is 3. The molecule has 14 aromatic rings. The molecular weight excluding hydrogens is 667 g/mol. The van der Waals surface area contributed by atoms with Crippen molar-refractivity contribution in [1.29, 1.82) is 0 Å². The van der Waals surface area contributed by atoms with E-state index in [1.807, 2.05) is 0 Å². The Kier molecular flexibility index (Phi) is 5.01. The first-order chi connectivity index (χ1) is 27.3.